The summed E-state index contributed by atoms with van der Waals surface area (Å²) in [6, 6.07) is 0. The summed E-state index contributed by atoms with van der Waals surface area (Å²) in [5.41, 5.74) is -1.22. The number of halogens is 1. The zero-order valence-electron chi connectivity index (χ0n) is 12.4. The molecular formula is C12H23BrO5P2+2. The highest BCUT2D eigenvalue weighted by molar-refractivity contribution is 9.09. The molecule has 1 aliphatic heterocycles. The van der Waals surface area contributed by atoms with Gasteiger partial charge in [0, 0.05) is 20.4 Å². The molecule has 116 valence electrons. The van der Waals surface area contributed by atoms with Gasteiger partial charge in [0.25, 0.3) is 0 Å². The molecule has 0 bridgehead atoms. The standard InChI is InChI=1S/C12H23BrO5P2/c1-5-11(6-2)10(9-13)12(7-3,8-4)17-20(15)18-19(14)16-11/h10H,5-9H2,1-4H3/q+2. The second-order valence-corrected chi connectivity index (χ2v) is 7.52. The van der Waals surface area contributed by atoms with Gasteiger partial charge in [-0.3, -0.25) is 0 Å². The van der Waals surface area contributed by atoms with Crippen molar-refractivity contribution in [2.45, 2.75) is 64.6 Å². The molecular weight excluding hydrogens is 366 g/mol. The van der Waals surface area contributed by atoms with E-state index in [-0.39, 0.29) is 5.92 Å². The lowest BCUT2D eigenvalue weighted by atomic mass is 9.71. The predicted molar refractivity (Wildman–Crippen MR) is 82.4 cm³/mol. The van der Waals surface area contributed by atoms with Crippen LogP contribution in [0, 0.1) is 5.92 Å². The SMILES string of the molecule is CCC1(CC)O[P+](=O)O[P+](=O)OC(CC)(CC)C1CBr. The summed E-state index contributed by atoms with van der Waals surface area (Å²) in [7, 11) is -4.88. The topological polar surface area (TPSA) is 61.8 Å². The minimum atomic E-state index is -2.44. The Balaban J connectivity index is 3.35. The van der Waals surface area contributed by atoms with Crippen LogP contribution in [0.3, 0.4) is 0 Å². The number of hydrogen-bond acceptors (Lipinski definition) is 5. The number of hydrogen-bond donors (Lipinski definition) is 0. The molecule has 0 N–H and O–H groups in total. The molecule has 1 fully saturated rings. The van der Waals surface area contributed by atoms with E-state index in [2.05, 4.69) is 15.9 Å². The average molecular weight is 389 g/mol. The molecule has 1 heterocycles. The van der Waals surface area contributed by atoms with E-state index in [4.69, 9.17) is 13.4 Å². The van der Waals surface area contributed by atoms with Gasteiger partial charge < -0.3 is 0 Å². The maximum atomic E-state index is 11.9. The summed E-state index contributed by atoms with van der Waals surface area (Å²) in [6.07, 6.45) is 2.75. The molecule has 0 aliphatic carbocycles. The van der Waals surface area contributed by atoms with Gasteiger partial charge in [-0.2, -0.15) is 0 Å². The normalized spacial score (nSPS) is 29.8. The van der Waals surface area contributed by atoms with Crippen LogP contribution < -0.4 is 0 Å². The van der Waals surface area contributed by atoms with Crippen molar-refractivity contribution >= 4 is 32.4 Å². The van der Waals surface area contributed by atoms with Crippen LogP contribution in [0.15, 0.2) is 0 Å². The lowest BCUT2D eigenvalue weighted by molar-refractivity contribution is -0.105. The molecule has 0 spiro atoms. The van der Waals surface area contributed by atoms with Crippen LogP contribution in [0.4, 0.5) is 0 Å². The van der Waals surface area contributed by atoms with Gasteiger partial charge in [0.2, 0.25) is 0 Å². The van der Waals surface area contributed by atoms with E-state index >= 15 is 0 Å². The van der Waals surface area contributed by atoms with Crippen molar-refractivity contribution in [1.82, 2.24) is 0 Å². The molecule has 0 aromatic heterocycles. The first-order valence-corrected chi connectivity index (χ1v) is 10.3. The van der Waals surface area contributed by atoms with Crippen molar-refractivity contribution in [1.29, 1.82) is 0 Å². The lowest BCUT2D eigenvalue weighted by Crippen LogP contribution is -2.54. The molecule has 0 aromatic rings. The highest BCUT2D eigenvalue weighted by Gasteiger charge is 2.62. The fourth-order valence-corrected chi connectivity index (χ4v) is 6.26. The van der Waals surface area contributed by atoms with Crippen molar-refractivity contribution in [2.75, 3.05) is 5.33 Å². The van der Waals surface area contributed by atoms with Crippen LogP contribution >= 0.6 is 32.4 Å². The van der Waals surface area contributed by atoms with Gasteiger partial charge in [-0.05, 0) is 25.7 Å². The molecule has 1 rings (SSSR count). The van der Waals surface area contributed by atoms with E-state index in [1.54, 1.807) is 0 Å². The van der Waals surface area contributed by atoms with Gasteiger partial charge in [-0.15, -0.1) is 9.05 Å². The first-order valence-electron chi connectivity index (χ1n) is 7.00. The Morgan fingerprint density at radius 2 is 1.25 bits per heavy atom. The molecule has 8 heteroatoms. The highest BCUT2D eigenvalue weighted by atomic mass is 79.9. The van der Waals surface area contributed by atoms with Crippen molar-refractivity contribution in [3.8, 4) is 0 Å². The quantitative estimate of drug-likeness (QED) is 0.460. The second-order valence-electron chi connectivity index (χ2n) is 4.96. The van der Waals surface area contributed by atoms with E-state index in [9.17, 15) is 9.13 Å². The Kier molecular flexibility index (Phi) is 7.17. The first kappa shape index (κ1) is 18.6. The van der Waals surface area contributed by atoms with Crippen LogP contribution in [-0.4, -0.2) is 16.5 Å². The maximum absolute atomic E-state index is 11.9. The van der Waals surface area contributed by atoms with E-state index in [0.29, 0.717) is 31.0 Å². The largest absolute Gasteiger partial charge is 0.748 e. The second kappa shape index (κ2) is 7.71. The van der Waals surface area contributed by atoms with Gasteiger partial charge in [-0.1, -0.05) is 43.6 Å². The predicted octanol–water partition coefficient (Wildman–Crippen LogP) is 5.49. The molecule has 0 saturated carbocycles. The van der Waals surface area contributed by atoms with E-state index in [0.717, 1.165) is 0 Å². The summed E-state index contributed by atoms with van der Waals surface area (Å²) in [5, 5.41) is 0.628. The van der Waals surface area contributed by atoms with Crippen LogP contribution in [-0.2, 0) is 22.5 Å². The van der Waals surface area contributed by atoms with Crippen LogP contribution in [0.25, 0.3) is 0 Å². The summed E-state index contributed by atoms with van der Waals surface area (Å²) in [6.45, 7) is 8.00. The van der Waals surface area contributed by atoms with Crippen molar-refractivity contribution in [3.05, 3.63) is 0 Å². The third-order valence-electron chi connectivity index (χ3n) is 4.46. The lowest BCUT2D eigenvalue weighted by Gasteiger charge is -2.43. The summed E-state index contributed by atoms with van der Waals surface area (Å²) in [4.78, 5) is 0. The first-order chi connectivity index (χ1) is 9.43. The Bertz CT molecular complexity index is 337. The van der Waals surface area contributed by atoms with Crippen molar-refractivity contribution in [3.63, 3.8) is 0 Å². The van der Waals surface area contributed by atoms with Gasteiger partial charge in [0.1, 0.15) is 11.2 Å². The molecule has 1 aliphatic rings. The maximum Gasteiger partial charge on any atom is 0.748 e. The fourth-order valence-electron chi connectivity index (χ4n) is 3.02. The van der Waals surface area contributed by atoms with Crippen LogP contribution in [0.1, 0.15) is 53.4 Å². The number of alkyl halides is 1. The molecule has 5 nitrogen and oxygen atoms in total. The molecule has 2 atom stereocenters. The Hall–Kier alpha value is 0.560. The summed E-state index contributed by atoms with van der Waals surface area (Å²) < 4.78 is 40.0. The van der Waals surface area contributed by atoms with Gasteiger partial charge in [0.15, 0.2) is 4.31 Å². The van der Waals surface area contributed by atoms with E-state index in [1.165, 1.54) is 0 Å². The minimum absolute atomic E-state index is 0.0539. The molecule has 2 unspecified atom stereocenters. The summed E-state index contributed by atoms with van der Waals surface area (Å²) >= 11 is 3.54. The number of rotatable bonds is 5. The average Bonchev–Trinajstić information content (AvgIpc) is 2.43. The fraction of sp³-hybridized carbons (Fsp3) is 1.00. The molecule has 20 heavy (non-hydrogen) atoms. The molecule has 0 amide bonds. The molecule has 1 saturated heterocycles. The van der Waals surface area contributed by atoms with Crippen molar-refractivity contribution < 1.29 is 22.5 Å². The molecule has 0 radical (unpaired) electrons. The third kappa shape index (κ3) is 3.48. The van der Waals surface area contributed by atoms with Crippen LogP contribution in [0.2, 0.25) is 0 Å². The Morgan fingerprint density at radius 3 is 1.50 bits per heavy atom. The van der Waals surface area contributed by atoms with E-state index < -0.39 is 27.7 Å². The Labute approximate surface area is 131 Å². The summed E-state index contributed by atoms with van der Waals surface area (Å²) in [5.74, 6) is -0.0539. The molecule has 0 aromatic carbocycles. The highest BCUT2D eigenvalue weighted by Crippen LogP contribution is 2.56. The monoisotopic (exact) mass is 388 g/mol. The van der Waals surface area contributed by atoms with Gasteiger partial charge in [-0.25, -0.2) is 0 Å². The minimum Gasteiger partial charge on any atom is -0.109 e. The van der Waals surface area contributed by atoms with Gasteiger partial charge >= 0.3 is 16.5 Å². The van der Waals surface area contributed by atoms with Crippen molar-refractivity contribution in [2.24, 2.45) is 5.92 Å². The zero-order valence-corrected chi connectivity index (χ0v) is 15.8. The van der Waals surface area contributed by atoms with Gasteiger partial charge in [0.05, 0.1) is 0 Å². The van der Waals surface area contributed by atoms with E-state index in [1.807, 2.05) is 27.7 Å². The Morgan fingerprint density at radius 1 is 0.900 bits per heavy atom. The smallest absolute Gasteiger partial charge is 0.109 e. The third-order valence-corrected chi connectivity index (χ3v) is 7.20. The van der Waals surface area contributed by atoms with Crippen LogP contribution in [0.5, 0.6) is 0 Å². The zero-order chi connectivity index (χ0) is 15.4.